The van der Waals surface area contributed by atoms with E-state index < -0.39 is 0 Å². The molecule has 0 saturated carbocycles. The van der Waals surface area contributed by atoms with Crippen LogP contribution in [0.15, 0.2) is 23.4 Å². The lowest BCUT2D eigenvalue weighted by atomic mass is 10.1. The summed E-state index contributed by atoms with van der Waals surface area (Å²) in [6.07, 6.45) is 0. The molecule has 0 unspecified atom stereocenters. The molecule has 0 bridgehead atoms. The van der Waals surface area contributed by atoms with Crippen LogP contribution >= 0.6 is 0 Å². The molecule has 0 aliphatic rings. The lowest BCUT2D eigenvalue weighted by Crippen LogP contribution is -2.32. The van der Waals surface area contributed by atoms with E-state index in [-0.39, 0.29) is 11.9 Å². The predicted molar refractivity (Wildman–Crippen MR) is 72.8 cm³/mol. The third-order valence-corrected chi connectivity index (χ3v) is 2.68. The summed E-state index contributed by atoms with van der Waals surface area (Å²) < 4.78 is 5.17. The molecule has 104 valence electrons. The highest BCUT2D eigenvalue weighted by atomic mass is 16.5. The molecule has 0 spiro atoms. The van der Waals surface area contributed by atoms with Gasteiger partial charge in [-0.3, -0.25) is 0 Å². The second kappa shape index (κ2) is 6.48. The number of oxime groups is 1. The van der Waals surface area contributed by atoms with E-state index in [1.807, 2.05) is 6.92 Å². The molecule has 0 radical (unpaired) electrons. The number of carbonyl (C=O) groups is 1. The van der Waals surface area contributed by atoms with E-state index in [0.29, 0.717) is 23.5 Å². The monoisotopic (exact) mass is 266 g/mol. The Morgan fingerprint density at radius 2 is 2.26 bits per heavy atom. The normalized spacial score (nSPS) is 11.0. The molecule has 19 heavy (non-hydrogen) atoms. The third-order valence-electron chi connectivity index (χ3n) is 2.68. The Morgan fingerprint density at radius 3 is 2.79 bits per heavy atom. The van der Waals surface area contributed by atoms with Crippen molar-refractivity contribution < 1.29 is 14.7 Å². The van der Waals surface area contributed by atoms with E-state index in [4.69, 9.17) is 15.7 Å². The molecule has 0 saturated heterocycles. The number of nitrogens with zero attached hydrogens (tertiary/aromatic N) is 2. The second-order valence-corrected chi connectivity index (χ2v) is 3.81. The van der Waals surface area contributed by atoms with Crippen LogP contribution in [0.2, 0.25) is 0 Å². The van der Waals surface area contributed by atoms with Gasteiger partial charge in [-0.2, -0.15) is 0 Å². The fourth-order valence-corrected chi connectivity index (χ4v) is 1.44. The van der Waals surface area contributed by atoms with Gasteiger partial charge < -0.3 is 25.9 Å². The van der Waals surface area contributed by atoms with Gasteiger partial charge in [0.2, 0.25) is 0 Å². The van der Waals surface area contributed by atoms with E-state index in [0.717, 1.165) is 0 Å². The van der Waals surface area contributed by atoms with E-state index >= 15 is 0 Å². The lowest BCUT2D eigenvalue weighted by molar-refractivity contribution is 0.224. The number of carbonyl (C=O) groups excluding carboxylic acids is 1. The number of amidine groups is 1. The quantitative estimate of drug-likeness (QED) is 0.330. The average Bonchev–Trinajstić information content (AvgIpc) is 2.45. The van der Waals surface area contributed by atoms with Crippen LogP contribution in [-0.4, -0.2) is 42.7 Å². The fourth-order valence-electron chi connectivity index (χ4n) is 1.44. The molecule has 7 heteroatoms. The SMILES string of the molecule is CCN(C)C(=O)Nc1c(OC)cccc1/C(N)=N/O. The number of para-hydroxylation sites is 1. The van der Waals surface area contributed by atoms with Crippen molar-refractivity contribution >= 4 is 17.6 Å². The molecule has 0 heterocycles. The Labute approximate surface area is 111 Å². The number of methoxy groups -OCH3 is 1. The number of urea groups is 1. The maximum Gasteiger partial charge on any atom is 0.321 e. The Hall–Kier alpha value is -2.44. The van der Waals surface area contributed by atoms with Crippen molar-refractivity contribution in [3.05, 3.63) is 23.8 Å². The van der Waals surface area contributed by atoms with Crippen LogP contribution in [0.4, 0.5) is 10.5 Å². The van der Waals surface area contributed by atoms with Crippen molar-refractivity contribution in [1.82, 2.24) is 4.90 Å². The summed E-state index contributed by atoms with van der Waals surface area (Å²) in [5.74, 6) is 0.329. The highest BCUT2D eigenvalue weighted by Gasteiger charge is 2.16. The number of rotatable bonds is 4. The molecule has 1 aromatic carbocycles. The van der Waals surface area contributed by atoms with Crippen molar-refractivity contribution in [2.75, 3.05) is 26.0 Å². The number of amides is 2. The molecule has 7 nitrogen and oxygen atoms in total. The zero-order valence-electron chi connectivity index (χ0n) is 11.2. The minimum Gasteiger partial charge on any atom is -0.495 e. The van der Waals surface area contributed by atoms with Crippen LogP contribution in [0.3, 0.4) is 0 Å². The van der Waals surface area contributed by atoms with Gasteiger partial charge in [0.25, 0.3) is 0 Å². The van der Waals surface area contributed by atoms with E-state index in [1.54, 1.807) is 25.2 Å². The molecule has 0 fully saturated rings. The molecular formula is C12H18N4O3. The molecule has 4 N–H and O–H groups in total. The van der Waals surface area contributed by atoms with Crippen molar-refractivity contribution in [3.63, 3.8) is 0 Å². The first-order valence-corrected chi connectivity index (χ1v) is 5.72. The zero-order valence-corrected chi connectivity index (χ0v) is 11.2. The summed E-state index contributed by atoms with van der Waals surface area (Å²) in [6.45, 7) is 2.41. The fraction of sp³-hybridized carbons (Fsp3) is 0.333. The minimum absolute atomic E-state index is 0.103. The molecular weight excluding hydrogens is 248 g/mol. The smallest absolute Gasteiger partial charge is 0.321 e. The number of ether oxygens (including phenoxy) is 1. The number of benzene rings is 1. The molecule has 0 atom stereocenters. The maximum absolute atomic E-state index is 11.9. The van der Waals surface area contributed by atoms with Gasteiger partial charge in [0.1, 0.15) is 5.75 Å². The average molecular weight is 266 g/mol. The highest BCUT2D eigenvalue weighted by molar-refractivity contribution is 6.06. The third kappa shape index (κ3) is 3.27. The molecule has 1 rings (SSSR count). The van der Waals surface area contributed by atoms with E-state index in [2.05, 4.69) is 10.5 Å². The Morgan fingerprint density at radius 1 is 1.58 bits per heavy atom. The molecule has 0 aliphatic heterocycles. The van der Waals surface area contributed by atoms with Gasteiger partial charge in [0.05, 0.1) is 12.8 Å². The van der Waals surface area contributed by atoms with E-state index in [9.17, 15) is 4.79 Å². The first kappa shape index (κ1) is 14.6. The van der Waals surface area contributed by atoms with Gasteiger partial charge in [-0.05, 0) is 19.1 Å². The van der Waals surface area contributed by atoms with Gasteiger partial charge in [-0.25, -0.2) is 4.79 Å². The van der Waals surface area contributed by atoms with Crippen molar-refractivity contribution in [3.8, 4) is 5.75 Å². The standard InChI is InChI=1S/C12H18N4O3/c1-4-16(2)12(17)14-10-8(11(13)15-18)6-5-7-9(10)19-3/h5-7,18H,4H2,1-3H3,(H2,13,15)(H,14,17). The van der Waals surface area contributed by atoms with Gasteiger partial charge in [-0.1, -0.05) is 11.2 Å². The second-order valence-electron chi connectivity index (χ2n) is 3.81. The van der Waals surface area contributed by atoms with Crippen LogP contribution in [0, 0.1) is 0 Å². The maximum atomic E-state index is 11.9. The summed E-state index contributed by atoms with van der Waals surface area (Å²) in [5, 5.41) is 14.4. The summed E-state index contributed by atoms with van der Waals surface area (Å²) in [4.78, 5) is 13.4. The number of nitrogens with one attached hydrogen (secondary N) is 1. The number of anilines is 1. The van der Waals surface area contributed by atoms with Crippen LogP contribution in [-0.2, 0) is 0 Å². The molecule has 0 aliphatic carbocycles. The van der Waals surface area contributed by atoms with E-state index in [1.165, 1.54) is 12.0 Å². The van der Waals surface area contributed by atoms with Crippen LogP contribution in [0.25, 0.3) is 0 Å². The van der Waals surface area contributed by atoms with Crippen molar-refractivity contribution in [2.45, 2.75) is 6.92 Å². The van der Waals surface area contributed by atoms with Crippen LogP contribution < -0.4 is 15.8 Å². The first-order chi connectivity index (χ1) is 9.04. The first-order valence-electron chi connectivity index (χ1n) is 5.72. The molecule has 0 aromatic heterocycles. The number of hydrogen-bond acceptors (Lipinski definition) is 4. The largest absolute Gasteiger partial charge is 0.495 e. The van der Waals surface area contributed by atoms with Gasteiger partial charge in [0.15, 0.2) is 5.84 Å². The lowest BCUT2D eigenvalue weighted by Gasteiger charge is -2.19. The Kier molecular flexibility index (Phi) is 4.99. The van der Waals surface area contributed by atoms with Gasteiger partial charge in [-0.15, -0.1) is 0 Å². The van der Waals surface area contributed by atoms with Gasteiger partial charge >= 0.3 is 6.03 Å². The summed E-state index contributed by atoms with van der Waals surface area (Å²) in [7, 11) is 3.14. The highest BCUT2D eigenvalue weighted by Crippen LogP contribution is 2.28. The van der Waals surface area contributed by atoms with Crippen molar-refractivity contribution in [1.29, 1.82) is 0 Å². The molecule has 2 amide bonds. The number of nitrogens with two attached hydrogens (primary N) is 1. The predicted octanol–water partition coefficient (Wildman–Crippen LogP) is 1.27. The topological polar surface area (TPSA) is 100 Å². The number of hydrogen-bond donors (Lipinski definition) is 3. The zero-order chi connectivity index (χ0) is 14.4. The minimum atomic E-state index is -0.306. The van der Waals surface area contributed by atoms with Crippen molar-refractivity contribution in [2.24, 2.45) is 10.9 Å². The summed E-state index contributed by atoms with van der Waals surface area (Å²) >= 11 is 0. The van der Waals surface area contributed by atoms with Crippen LogP contribution in [0.1, 0.15) is 12.5 Å². The van der Waals surface area contributed by atoms with Crippen LogP contribution in [0.5, 0.6) is 5.75 Å². The Balaban J connectivity index is 3.19. The van der Waals surface area contributed by atoms with Gasteiger partial charge in [0, 0.05) is 19.2 Å². The summed E-state index contributed by atoms with van der Waals surface area (Å²) in [6, 6.07) is 4.68. The molecule has 1 aromatic rings. The Bertz CT molecular complexity index is 488. The summed E-state index contributed by atoms with van der Waals surface area (Å²) in [5.41, 5.74) is 6.34.